The molecule has 0 aliphatic heterocycles. The van der Waals surface area contributed by atoms with Gasteiger partial charge in [-0.05, 0) is 31.2 Å². The highest BCUT2D eigenvalue weighted by Crippen LogP contribution is 2.29. The Morgan fingerprint density at radius 3 is 2.38 bits per heavy atom. The van der Waals surface area contributed by atoms with Crippen molar-refractivity contribution >= 4 is 11.5 Å². The summed E-state index contributed by atoms with van der Waals surface area (Å²) >= 11 is 0. The predicted molar refractivity (Wildman–Crippen MR) is 80.6 cm³/mol. The van der Waals surface area contributed by atoms with Crippen molar-refractivity contribution in [1.29, 1.82) is 5.41 Å². The largest absolute Gasteiger partial charge is 0.384 e. The molecule has 2 aromatic rings. The van der Waals surface area contributed by atoms with Crippen molar-refractivity contribution in [1.82, 2.24) is 0 Å². The molecule has 0 radical (unpaired) electrons. The van der Waals surface area contributed by atoms with Crippen LogP contribution in [0.25, 0.3) is 0 Å². The van der Waals surface area contributed by atoms with E-state index in [1.165, 1.54) is 12.1 Å². The molecule has 3 nitrogen and oxygen atoms in total. The zero-order chi connectivity index (χ0) is 15.6. The standard InChI is InChI=1S/C16H17F2N3/c1-10(12-5-3-4-6-13(12)17)21(2)15-8-7-11(16(19)20)9-14(15)18/h3-10H,1-2H3,(H3,19,20). The smallest absolute Gasteiger partial charge is 0.147 e. The van der Waals surface area contributed by atoms with Gasteiger partial charge in [-0.1, -0.05) is 18.2 Å². The lowest BCUT2D eigenvalue weighted by atomic mass is 10.1. The van der Waals surface area contributed by atoms with E-state index in [9.17, 15) is 8.78 Å². The maximum atomic E-state index is 14.1. The molecule has 0 aromatic heterocycles. The monoisotopic (exact) mass is 289 g/mol. The molecule has 0 amide bonds. The number of nitrogen functional groups attached to an aromatic ring is 1. The molecule has 0 bridgehead atoms. The molecule has 1 unspecified atom stereocenters. The zero-order valence-corrected chi connectivity index (χ0v) is 11.9. The number of rotatable bonds is 4. The second kappa shape index (κ2) is 5.91. The predicted octanol–water partition coefficient (Wildman–Crippen LogP) is 3.45. The Balaban J connectivity index is 2.34. The Hall–Kier alpha value is -2.43. The molecule has 0 spiro atoms. The lowest BCUT2D eigenvalue weighted by Gasteiger charge is -2.28. The molecule has 0 aliphatic rings. The van der Waals surface area contributed by atoms with Crippen LogP contribution in [0.2, 0.25) is 0 Å². The van der Waals surface area contributed by atoms with E-state index in [1.807, 2.05) is 0 Å². The number of benzene rings is 2. The van der Waals surface area contributed by atoms with Gasteiger partial charge < -0.3 is 10.6 Å². The fraction of sp³-hybridized carbons (Fsp3) is 0.188. The summed E-state index contributed by atoms with van der Waals surface area (Å²) in [5.41, 5.74) is 6.48. The Labute approximate surface area is 122 Å². The molecular formula is C16H17F2N3. The maximum Gasteiger partial charge on any atom is 0.147 e. The maximum absolute atomic E-state index is 14.1. The van der Waals surface area contributed by atoms with E-state index < -0.39 is 5.82 Å². The summed E-state index contributed by atoms with van der Waals surface area (Å²) in [5, 5.41) is 7.30. The summed E-state index contributed by atoms with van der Waals surface area (Å²) in [6.07, 6.45) is 0. The topological polar surface area (TPSA) is 53.1 Å². The third-order valence-electron chi connectivity index (χ3n) is 3.57. The van der Waals surface area contributed by atoms with Crippen molar-refractivity contribution in [2.24, 2.45) is 5.73 Å². The number of anilines is 1. The van der Waals surface area contributed by atoms with Gasteiger partial charge in [-0.15, -0.1) is 0 Å². The van der Waals surface area contributed by atoms with Gasteiger partial charge in [0.2, 0.25) is 0 Å². The number of nitrogens with one attached hydrogen (secondary N) is 1. The molecule has 21 heavy (non-hydrogen) atoms. The van der Waals surface area contributed by atoms with E-state index in [1.54, 1.807) is 49.2 Å². The minimum atomic E-state index is -0.492. The number of amidine groups is 1. The average molecular weight is 289 g/mol. The molecule has 2 aromatic carbocycles. The van der Waals surface area contributed by atoms with E-state index >= 15 is 0 Å². The number of hydrogen-bond donors (Lipinski definition) is 2. The third-order valence-corrected chi connectivity index (χ3v) is 3.57. The number of nitrogens with two attached hydrogens (primary N) is 1. The normalized spacial score (nSPS) is 12.0. The van der Waals surface area contributed by atoms with Gasteiger partial charge in [-0.3, -0.25) is 5.41 Å². The fourth-order valence-corrected chi connectivity index (χ4v) is 2.19. The molecule has 0 saturated carbocycles. The highest BCUT2D eigenvalue weighted by molar-refractivity contribution is 5.95. The van der Waals surface area contributed by atoms with Gasteiger partial charge in [0.1, 0.15) is 17.5 Å². The Bertz CT molecular complexity index is 670. The Morgan fingerprint density at radius 1 is 1.14 bits per heavy atom. The minimum Gasteiger partial charge on any atom is -0.384 e. The third kappa shape index (κ3) is 3.02. The molecule has 3 N–H and O–H groups in total. The van der Waals surface area contributed by atoms with E-state index in [2.05, 4.69) is 0 Å². The molecule has 5 heteroatoms. The first kappa shape index (κ1) is 15.0. The Morgan fingerprint density at radius 2 is 1.81 bits per heavy atom. The number of halogens is 2. The van der Waals surface area contributed by atoms with Crippen molar-refractivity contribution in [3.8, 4) is 0 Å². The van der Waals surface area contributed by atoms with Gasteiger partial charge >= 0.3 is 0 Å². The fourth-order valence-electron chi connectivity index (χ4n) is 2.19. The summed E-state index contributed by atoms with van der Waals surface area (Å²) in [5.74, 6) is -1.00. The van der Waals surface area contributed by atoms with Crippen LogP contribution in [0.4, 0.5) is 14.5 Å². The molecule has 0 saturated heterocycles. The van der Waals surface area contributed by atoms with Gasteiger partial charge in [-0.2, -0.15) is 0 Å². The van der Waals surface area contributed by atoms with Crippen LogP contribution in [0.15, 0.2) is 42.5 Å². The molecule has 0 heterocycles. The molecular weight excluding hydrogens is 272 g/mol. The van der Waals surface area contributed by atoms with E-state index in [0.717, 1.165) is 0 Å². The van der Waals surface area contributed by atoms with Gasteiger partial charge in [0.25, 0.3) is 0 Å². The van der Waals surface area contributed by atoms with Crippen LogP contribution < -0.4 is 10.6 Å². The first-order valence-corrected chi connectivity index (χ1v) is 6.53. The van der Waals surface area contributed by atoms with Crippen LogP contribution in [-0.4, -0.2) is 12.9 Å². The van der Waals surface area contributed by atoms with Crippen LogP contribution in [0.5, 0.6) is 0 Å². The van der Waals surface area contributed by atoms with Gasteiger partial charge in [0.05, 0.1) is 11.7 Å². The molecule has 0 aliphatic carbocycles. The lowest BCUT2D eigenvalue weighted by Crippen LogP contribution is -2.24. The van der Waals surface area contributed by atoms with Crippen molar-refractivity contribution in [2.75, 3.05) is 11.9 Å². The summed E-state index contributed by atoms with van der Waals surface area (Å²) in [6.45, 7) is 1.80. The minimum absolute atomic E-state index is 0.190. The van der Waals surface area contributed by atoms with Crippen LogP contribution >= 0.6 is 0 Å². The summed E-state index contributed by atoms with van der Waals surface area (Å²) in [4.78, 5) is 1.65. The molecule has 2 rings (SSSR count). The van der Waals surface area contributed by atoms with Crippen molar-refractivity contribution in [3.05, 3.63) is 65.2 Å². The van der Waals surface area contributed by atoms with Gasteiger partial charge in [0.15, 0.2) is 0 Å². The lowest BCUT2D eigenvalue weighted by molar-refractivity contribution is 0.575. The van der Waals surface area contributed by atoms with Crippen LogP contribution in [-0.2, 0) is 0 Å². The van der Waals surface area contributed by atoms with Crippen LogP contribution in [0, 0.1) is 17.0 Å². The number of hydrogen-bond acceptors (Lipinski definition) is 2. The van der Waals surface area contributed by atoms with Crippen molar-refractivity contribution in [3.63, 3.8) is 0 Å². The molecule has 110 valence electrons. The Kier molecular flexibility index (Phi) is 4.21. The SMILES string of the molecule is CC(c1ccccc1F)N(C)c1ccc(C(=N)N)cc1F. The second-order valence-electron chi connectivity index (χ2n) is 4.89. The van der Waals surface area contributed by atoms with Crippen molar-refractivity contribution < 1.29 is 8.78 Å². The molecule has 1 atom stereocenters. The van der Waals surface area contributed by atoms with E-state index in [-0.39, 0.29) is 17.7 Å². The summed E-state index contributed by atoms with van der Waals surface area (Å²) < 4.78 is 28.0. The molecule has 0 fully saturated rings. The summed E-state index contributed by atoms with van der Waals surface area (Å²) in [6, 6.07) is 10.4. The van der Waals surface area contributed by atoms with E-state index in [4.69, 9.17) is 11.1 Å². The second-order valence-corrected chi connectivity index (χ2v) is 4.89. The highest BCUT2D eigenvalue weighted by atomic mass is 19.1. The first-order valence-electron chi connectivity index (χ1n) is 6.53. The van der Waals surface area contributed by atoms with Crippen molar-refractivity contribution in [2.45, 2.75) is 13.0 Å². The average Bonchev–Trinajstić information content (AvgIpc) is 2.46. The van der Waals surface area contributed by atoms with Gasteiger partial charge in [0, 0.05) is 18.2 Å². The van der Waals surface area contributed by atoms with Gasteiger partial charge in [-0.25, -0.2) is 8.78 Å². The quantitative estimate of drug-likeness (QED) is 0.669. The van der Waals surface area contributed by atoms with E-state index in [0.29, 0.717) is 16.8 Å². The van der Waals surface area contributed by atoms with Crippen LogP contribution in [0.1, 0.15) is 24.1 Å². The first-order chi connectivity index (χ1) is 9.91. The number of nitrogens with zero attached hydrogens (tertiary/aromatic N) is 1. The zero-order valence-electron chi connectivity index (χ0n) is 11.9. The summed E-state index contributed by atoms with van der Waals surface area (Å²) in [7, 11) is 1.70. The van der Waals surface area contributed by atoms with Crippen LogP contribution in [0.3, 0.4) is 0 Å². The highest BCUT2D eigenvalue weighted by Gasteiger charge is 2.18.